The average Bonchev–Trinajstić information content (AvgIpc) is 2.76. The second-order valence-electron chi connectivity index (χ2n) is 4.99. The van der Waals surface area contributed by atoms with Crippen LogP contribution >= 0.6 is 11.3 Å². The van der Waals surface area contributed by atoms with Crippen LogP contribution in [-0.4, -0.2) is 8.42 Å². The third kappa shape index (κ3) is 3.64. The van der Waals surface area contributed by atoms with Crippen molar-refractivity contribution in [1.82, 2.24) is 4.72 Å². The molecule has 0 bridgehead atoms. The fourth-order valence-corrected chi connectivity index (χ4v) is 4.17. The van der Waals surface area contributed by atoms with Crippen LogP contribution in [-0.2, 0) is 23.0 Å². The van der Waals surface area contributed by atoms with E-state index in [4.69, 9.17) is 5.73 Å². The number of nitrogen functional groups attached to an aromatic ring is 1. The maximum absolute atomic E-state index is 12.3. The Balaban J connectivity index is 2.16. The van der Waals surface area contributed by atoms with Crippen LogP contribution in [0.2, 0.25) is 0 Å². The molecule has 21 heavy (non-hydrogen) atoms. The van der Waals surface area contributed by atoms with Gasteiger partial charge in [0.25, 0.3) is 0 Å². The number of benzene rings is 1. The molecule has 0 saturated carbocycles. The molecular formula is C15H20N2O2S2. The Morgan fingerprint density at radius 2 is 1.95 bits per heavy atom. The Morgan fingerprint density at radius 1 is 1.24 bits per heavy atom. The van der Waals surface area contributed by atoms with E-state index in [0.29, 0.717) is 12.2 Å². The van der Waals surface area contributed by atoms with Gasteiger partial charge in [-0.1, -0.05) is 13.0 Å². The lowest BCUT2D eigenvalue weighted by atomic mass is 10.1. The van der Waals surface area contributed by atoms with Gasteiger partial charge in [0.1, 0.15) is 0 Å². The van der Waals surface area contributed by atoms with Gasteiger partial charge in [0, 0.05) is 22.0 Å². The third-order valence-corrected chi connectivity index (χ3v) is 6.01. The molecule has 2 rings (SSSR count). The van der Waals surface area contributed by atoms with E-state index in [2.05, 4.69) is 4.72 Å². The van der Waals surface area contributed by atoms with Gasteiger partial charge >= 0.3 is 0 Å². The molecule has 0 aliphatic carbocycles. The highest BCUT2D eigenvalue weighted by Gasteiger charge is 2.15. The fourth-order valence-electron chi connectivity index (χ4n) is 2.05. The average molecular weight is 324 g/mol. The minimum atomic E-state index is -3.53. The largest absolute Gasteiger partial charge is 0.398 e. The number of anilines is 1. The van der Waals surface area contributed by atoms with E-state index in [1.54, 1.807) is 23.5 Å². The smallest absolute Gasteiger partial charge is 0.240 e. The topological polar surface area (TPSA) is 72.2 Å². The molecule has 0 unspecified atom stereocenters. The predicted molar refractivity (Wildman–Crippen MR) is 88.1 cm³/mol. The van der Waals surface area contributed by atoms with E-state index < -0.39 is 10.0 Å². The molecular weight excluding hydrogens is 304 g/mol. The molecule has 0 saturated heterocycles. The quantitative estimate of drug-likeness (QED) is 0.831. The first-order valence-corrected chi connectivity index (χ1v) is 9.07. The SMILES string of the molecule is CCc1ccc(S(=O)(=O)NCc2cc(C)c(C)s2)cc1N. The van der Waals surface area contributed by atoms with Crippen molar-refractivity contribution < 1.29 is 8.42 Å². The Morgan fingerprint density at radius 3 is 2.48 bits per heavy atom. The van der Waals surface area contributed by atoms with Crippen LogP contribution in [0.5, 0.6) is 0 Å². The molecule has 2 aromatic rings. The van der Waals surface area contributed by atoms with Crippen molar-refractivity contribution in [2.45, 2.75) is 38.6 Å². The standard InChI is InChI=1S/C15H20N2O2S2/c1-4-12-5-6-14(8-15(12)16)21(18,19)17-9-13-7-10(2)11(3)20-13/h5-8,17H,4,9,16H2,1-3H3. The number of hydrogen-bond acceptors (Lipinski definition) is 4. The summed E-state index contributed by atoms with van der Waals surface area (Å²) >= 11 is 1.61. The summed E-state index contributed by atoms with van der Waals surface area (Å²) in [6, 6.07) is 6.90. The number of sulfonamides is 1. The summed E-state index contributed by atoms with van der Waals surface area (Å²) in [4.78, 5) is 2.43. The van der Waals surface area contributed by atoms with Gasteiger partial charge in [-0.15, -0.1) is 11.3 Å². The molecule has 0 fully saturated rings. The molecule has 0 aliphatic heterocycles. The Hall–Kier alpha value is -1.37. The molecule has 1 heterocycles. The summed E-state index contributed by atoms with van der Waals surface area (Å²) < 4.78 is 27.2. The summed E-state index contributed by atoms with van der Waals surface area (Å²) in [5, 5.41) is 0. The van der Waals surface area contributed by atoms with Gasteiger partial charge in [0.2, 0.25) is 10.0 Å². The summed E-state index contributed by atoms with van der Waals surface area (Å²) in [6.07, 6.45) is 0.785. The molecule has 0 amide bonds. The molecule has 0 radical (unpaired) electrons. The van der Waals surface area contributed by atoms with Crippen LogP contribution in [0.1, 0.15) is 27.8 Å². The maximum Gasteiger partial charge on any atom is 0.240 e. The summed E-state index contributed by atoms with van der Waals surface area (Å²) in [5.74, 6) is 0. The van der Waals surface area contributed by atoms with E-state index >= 15 is 0 Å². The second kappa shape index (κ2) is 6.17. The highest BCUT2D eigenvalue weighted by molar-refractivity contribution is 7.89. The Kier molecular flexibility index (Phi) is 4.70. The third-order valence-electron chi connectivity index (χ3n) is 3.46. The number of thiophene rings is 1. The van der Waals surface area contributed by atoms with E-state index in [1.165, 1.54) is 16.5 Å². The summed E-state index contributed by atoms with van der Waals surface area (Å²) in [5.41, 5.74) is 8.53. The van der Waals surface area contributed by atoms with Crippen molar-refractivity contribution >= 4 is 27.0 Å². The first-order valence-electron chi connectivity index (χ1n) is 6.77. The van der Waals surface area contributed by atoms with Crippen LogP contribution in [0.4, 0.5) is 5.69 Å². The fraction of sp³-hybridized carbons (Fsp3) is 0.333. The lowest BCUT2D eigenvalue weighted by Gasteiger charge is -2.08. The minimum Gasteiger partial charge on any atom is -0.398 e. The first-order chi connectivity index (χ1) is 9.83. The molecule has 0 aliphatic rings. The van der Waals surface area contributed by atoms with Crippen LogP contribution in [0.25, 0.3) is 0 Å². The lowest BCUT2D eigenvalue weighted by molar-refractivity contribution is 0.582. The van der Waals surface area contributed by atoms with Gasteiger partial charge in [-0.2, -0.15) is 0 Å². The zero-order valence-corrected chi connectivity index (χ0v) is 14.1. The summed E-state index contributed by atoms with van der Waals surface area (Å²) in [6.45, 7) is 6.34. The summed E-state index contributed by atoms with van der Waals surface area (Å²) in [7, 11) is -3.53. The molecule has 1 aromatic heterocycles. The molecule has 0 atom stereocenters. The molecule has 0 spiro atoms. The van der Waals surface area contributed by atoms with Crippen LogP contribution in [0.3, 0.4) is 0 Å². The van der Waals surface area contributed by atoms with Gasteiger partial charge in [-0.05, 0) is 49.6 Å². The molecule has 1 aromatic carbocycles. The van der Waals surface area contributed by atoms with Crippen molar-refractivity contribution in [1.29, 1.82) is 0 Å². The van der Waals surface area contributed by atoms with Crippen molar-refractivity contribution in [2.24, 2.45) is 0 Å². The minimum absolute atomic E-state index is 0.210. The predicted octanol–water partition coefficient (Wildman–Crippen LogP) is 2.99. The zero-order chi connectivity index (χ0) is 15.6. The number of nitrogens with two attached hydrogens (primary N) is 1. The second-order valence-corrected chi connectivity index (χ2v) is 8.10. The molecule has 4 nitrogen and oxygen atoms in total. The van der Waals surface area contributed by atoms with E-state index in [1.807, 2.05) is 26.8 Å². The van der Waals surface area contributed by atoms with Crippen LogP contribution in [0, 0.1) is 13.8 Å². The number of rotatable bonds is 5. The maximum atomic E-state index is 12.3. The van der Waals surface area contributed by atoms with Crippen molar-refractivity contribution in [2.75, 3.05) is 5.73 Å². The van der Waals surface area contributed by atoms with Gasteiger partial charge in [-0.3, -0.25) is 0 Å². The molecule has 114 valence electrons. The van der Waals surface area contributed by atoms with E-state index in [9.17, 15) is 8.42 Å². The van der Waals surface area contributed by atoms with Crippen LogP contribution in [0.15, 0.2) is 29.2 Å². The number of hydrogen-bond donors (Lipinski definition) is 2. The van der Waals surface area contributed by atoms with Crippen LogP contribution < -0.4 is 10.5 Å². The van der Waals surface area contributed by atoms with Crippen molar-refractivity contribution in [3.63, 3.8) is 0 Å². The van der Waals surface area contributed by atoms with Crippen molar-refractivity contribution in [3.05, 3.63) is 45.1 Å². The van der Waals surface area contributed by atoms with E-state index in [-0.39, 0.29) is 4.90 Å². The van der Waals surface area contributed by atoms with Gasteiger partial charge in [0.15, 0.2) is 0 Å². The van der Waals surface area contributed by atoms with E-state index in [0.717, 1.165) is 16.9 Å². The van der Waals surface area contributed by atoms with Gasteiger partial charge in [-0.25, -0.2) is 13.1 Å². The first kappa shape index (κ1) is 16.0. The molecule has 6 heteroatoms. The lowest BCUT2D eigenvalue weighted by Crippen LogP contribution is -2.23. The highest BCUT2D eigenvalue weighted by atomic mass is 32.2. The Bertz CT molecular complexity index is 730. The zero-order valence-electron chi connectivity index (χ0n) is 12.4. The molecule has 3 N–H and O–H groups in total. The number of nitrogens with one attached hydrogen (secondary N) is 1. The monoisotopic (exact) mass is 324 g/mol. The highest BCUT2D eigenvalue weighted by Crippen LogP contribution is 2.22. The number of aryl methyl sites for hydroxylation is 3. The normalized spacial score (nSPS) is 11.8. The van der Waals surface area contributed by atoms with Gasteiger partial charge in [0.05, 0.1) is 4.90 Å². The van der Waals surface area contributed by atoms with Gasteiger partial charge < -0.3 is 5.73 Å². The Labute approximate surface area is 130 Å². The van der Waals surface area contributed by atoms with Crippen molar-refractivity contribution in [3.8, 4) is 0 Å².